The average molecular weight is 321 g/mol. The highest BCUT2D eigenvalue weighted by molar-refractivity contribution is 7.59. The molecule has 1 rings (SSSR count). The number of hydrogen-bond donors (Lipinski definition) is 2. The van der Waals surface area contributed by atoms with Gasteiger partial charge in [0.25, 0.3) is 0 Å². The molecule has 1 heterocycles. The van der Waals surface area contributed by atoms with Gasteiger partial charge in [0.15, 0.2) is 0 Å². The second-order valence-corrected chi connectivity index (χ2v) is 6.13. The Morgan fingerprint density at radius 3 is 2.38 bits per heavy atom. The van der Waals surface area contributed by atoms with Gasteiger partial charge in [0, 0.05) is 25.7 Å². The summed E-state index contributed by atoms with van der Waals surface area (Å²) in [7, 11) is 0. The number of rotatable bonds is 5. The molecule has 2 N–H and O–H groups in total. The third kappa shape index (κ3) is 8.83. The lowest BCUT2D eigenvalue weighted by Gasteiger charge is -2.31. The van der Waals surface area contributed by atoms with E-state index in [-0.39, 0.29) is 31.9 Å². The van der Waals surface area contributed by atoms with Crippen molar-refractivity contribution in [2.24, 2.45) is 5.92 Å². The van der Waals surface area contributed by atoms with E-state index in [1.807, 2.05) is 0 Å². The van der Waals surface area contributed by atoms with Gasteiger partial charge in [-0.2, -0.15) is 13.5 Å². The normalized spacial score (nSPS) is 17.5. The molecule has 7 heteroatoms. The zero-order valence-electron chi connectivity index (χ0n) is 13.0. The molecule has 21 heavy (non-hydrogen) atoms. The highest BCUT2D eigenvalue weighted by Crippen LogP contribution is 2.22. The highest BCUT2D eigenvalue weighted by atomic mass is 32.1. The first-order valence-electron chi connectivity index (χ1n) is 7.07. The van der Waals surface area contributed by atoms with Crippen LogP contribution in [0.3, 0.4) is 0 Å². The Kier molecular flexibility index (Phi) is 8.73. The molecule has 1 aliphatic heterocycles. The van der Waals surface area contributed by atoms with Crippen molar-refractivity contribution in [3.05, 3.63) is 0 Å². The van der Waals surface area contributed by atoms with Gasteiger partial charge in [0.1, 0.15) is 5.60 Å². The van der Waals surface area contributed by atoms with Crippen LogP contribution in [-0.2, 0) is 14.3 Å². The maximum Gasteiger partial charge on any atom is 0.407 e. The molecule has 0 spiro atoms. The van der Waals surface area contributed by atoms with E-state index in [1.165, 1.54) is 0 Å². The van der Waals surface area contributed by atoms with Crippen LogP contribution in [0.4, 0.5) is 4.79 Å². The molecule has 0 saturated carbocycles. The van der Waals surface area contributed by atoms with Gasteiger partial charge in [-0.3, -0.25) is 4.79 Å². The van der Waals surface area contributed by atoms with Crippen molar-refractivity contribution in [2.45, 2.75) is 58.1 Å². The molecule has 0 bridgehead atoms. The van der Waals surface area contributed by atoms with Gasteiger partial charge in [-0.25, -0.2) is 4.79 Å². The number of amides is 1. The van der Waals surface area contributed by atoms with Crippen molar-refractivity contribution in [1.82, 2.24) is 5.32 Å². The van der Waals surface area contributed by atoms with Crippen molar-refractivity contribution in [3.63, 3.8) is 0 Å². The van der Waals surface area contributed by atoms with E-state index in [0.29, 0.717) is 19.6 Å². The van der Waals surface area contributed by atoms with E-state index in [0.717, 1.165) is 12.8 Å². The van der Waals surface area contributed by atoms with Crippen LogP contribution in [0.15, 0.2) is 0 Å². The maximum absolute atomic E-state index is 11.8. The lowest BCUT2D eigenvalue weighted by Crippen LogP contribution is -2.44. The van der Waals surface area contributed by atoms with Crippen molar-refractivity contribution < 1.29 is 24.2 Å². The monoisotopic (exact) mass is 321 g/mol. The lowest BCUT2D eigenvalue weighted by molar-refractivity contribution is -0.137. The largest absolute Gasteiger partial charge is 0.481 e. The van der Waals surface area contributed by atoms with Crippen molar-refractivity contribution >= 4 is 25.6 Å². The molecular formula is C14H27NO5S. The Balaban J connectivity index is 0.00000400. The van der Waals surface area contributed by atoms with E-state index in [2.05, 4.69) is 5.32 Å². The van der Waals surface area contributed by atoms with Crippen LogP contribution in [0.5, 0.6) is 0 Å². The molecule has 1 aliphatic rings. The summed E-state index contributed by atoms with van der Waals surface area (Å²) >= 11 is 0. The van der Waals surface area contributed by atoms with E-state index in [1.54, 1.807) is 20.8 Å². The second-order valence-electron chi connectivity index (χ2n) is 6.13. The first-order valence-corrected chi connectivity index (χ1v) is 7.07. The lowest BCUT2D eigenvalue weighted by atomic mass is 9.89. The first-order chi connectivity index (χ1) is 9.28. The summed E-state index contributed by atoms with van der Waals surface area (Å²) in [5.41, 5.74) is -0.558. The van der Waals surface area contributed by atoms with Gasteiger partial charge < -0.3 is 19.9 Å². The molecule has 1 fully saturated rings. The molecule has 124 valence electrons. The number of carboxylic acid groups (broad SMARTS) is 1. The number of nitrogens with one attached hydrogen (secondary N) is 1. The molecule has 0 aromatic carbocycles. The Labute approximate surface area is 133 Å². The molecule has 0 aliphatic carbocycles. The van der Waals surface area contributed by atoms with E-state index < -0.39 is 17.7 Å². The van der Waals surface area contributed by atoms with Crippen molar-refractivity contribution in [2.75, 3.05) is 13.2 Å². The Bertz CT molecular complexity index is 337. The maximum atomic E-state index is 11.8. The second kappa shape index (κ2) is 9.15. The SMILES string of the molecule is CC(C)(C)OC(=O)N[C@@H](CCC(=O)O)C1CCOCC1.S. The third-order valence-electron chi connectivity index (χ3n) is 3.21. The van der Waals surface area contributed by atoms with Crippen LogP contribution < -0.4 is 5.32 Å². The van der Waals surface area contributed by atoms with Crippen LogP contribution in [0.25, 0.3) is 0 Å². The van der Waals surface area contributed by atoms with E-state index >= 15 is 0 Å². The number of carboxylic acids is 1. The van der Waals surface area contributed by atoms with Gasteiger partial charge in [-0.1, -0.05) is 0 Å². The summed E-state index contributed by atoms with van der Waals surface area (Å²) in [4.78, 5) is 22.6. The fourth-order valence-electron chi connectivity index (χ4n) is 2.28. The highest BCUT2D eigenvalue weighted by Gasteiger charge is 2.27. The molecule has 1 amide bonds. The minimum absolute atomic E-state index is 0. The smallest absolute Gasteiger partial charge is 0.407 e. The quantitative estimate of drug-likeness (QED) is 0.811. The standard InChI is InChI=1S/C14H25NO5.H2S/c1-14(2,3)20-13(18)15-11(4-5-12(16)17)10-6-8-19-9-7-10;/h10-11H,4-9H2,1-3H3,(H,15,18)(H,16,17);1H2/t11-;/m0./s1. The fourth-order valence-corrected chi connectivity index (χ4v) is 2.28. The third-order valence-corrected chi connectivity index (χ3v) is 3.21. The summed E-state index contributed by atoms with van der Waals surface area (Å²) in [6, 6.07) is -0.176. The van der Waals surface area contributed by atoms with Gasteiger partial charge in [-0.05, 0) is 46.0 Å². The number of alkyl carbamates (subject to hydrolysis) is 1. The summed E-state index contributed by atoms with van der Waals surface area (Å²) in [6.45, 7) is 6.71. The average Bonchev–Trinajstić information content (AvgIpc) is 2.33. The van der Waals surface area contributed by atoms with Gasteiger partial charge >= 0.3 is 12.1 Å². The first kappa shape index (κ1) is 20.1. The Morgan fingerprint density at radius 2 is 1.90 bits per heavy atom. The fraction of sp³-hybridized carbons (Fsp3) is 0.857. The van der Waals surface area contributed by atoms with Gasteiger partial charge in [0.2, 0.25) is 0 Å². The minimum atomic E-state index is -0.854. The molecule has 0 aromatic rings. The molecule has 6 nitrogen and oxygen atoms in total. The topological polar surface area (TPSA) is 84.9 Å². The molecule has 0 unspecified atom stereocenters. The van der Waals surface area contributed by atoms with Gasteiger partial charge in [0.05, 0.1) is 0 Å². The summed E-state index contributed by atoms with van der Waals surface area (Å²) in [5.74, 6) is -0.608. The van der Waals surface area contributed by atoms with E-state index in [4.69, 9.17) is 14.6 Å². The number of carbonyl (C=O) groups excluding carboxylic acids is 1. The summed E-state index contributed by atoms with van der Waals surface area (Å²) < 4.78 is 10.5. The van der Waals surface area contributed by atoms with Crippen molar-refractivity contribution in [1.29, 1.82) is 0 Å². The van der Waals surface area contributed by atoms with E-state index in [9.17, 15) is 9.59 Å². The van der Waals surface area contributed by atoms with Crippen LogP contribution in [0, 0.1) is 5.92 Å². The van der Waals surface area contributed by atoms with Crippen LogP contribution in [0.2, 0.25) is 0 Å². The number of ether oxygens (including phenoxy) is 2. The number of hydrogen-bond acceptors (Lipinski definition) is 4. The minimum Gasteiger partial charge on any atom is -0.481 e. The van der Waals surface area contributed by atoms with Crippen LogP contribution in [0.1, 0.15) is 46.5 Å². The Hall–Kier alpha value is -0.950. The zero-order chi connectivity index (χ0) is 15.2. The molecule has 0 radical (unpaired) electrons. The van der Waals surface area contributed by atoms with Crippen molar-refractivity contribution in [3.8, 4) is 0 Å². The predicted octanol–water partition coefficient (Wildman–Crippen LogP) is 2.28. The van der Waals surface area contributed by atoms with Gasteiger partial charge in [-0.15, -0.1) is 0 Å². The summed E-state index contributed by atoms with van der Waals surface area (Å²) in [6.07, 6.45) is 1.64. The molecule has 1 atom stereocenters. The van der Waals surface area contributed by atoms with Crippen LogP contribution >= 0.6 is 13.5 Å². The molecular weight excluding hydrogens is 294 g/mol. The predicted molar refractivity (Wildman–Crippen MR) is 84.0 cm³/mol. The number of aliphatic carboxylic acids is 1. The zero-order valence-corrected chi connectivity index (χ0v) is 14.0. The molecule has 0 aromatic heterocycles. The Morgan fingerprint density at radius 1 is 1.33 bits per heavy atom. The molecule has 1 saturated heterocycles. The summed E-state index contributed by atoms with van der Waals surface area (Å²) in [5, 5.41) is 11.6. The van der Waals surface area contributed by atoms with Crippen LogP contribution in [-0.4, -0.2) is 42.0 Å². The number of carbonyl (C=O) groups is 2.